The summed E-state index contributed by atoms with van der Waals surface area (Å²) in [5, 5.41) is 9.55. The number of hydrogen-bond acceptors (Lipinski definition) is 4. The summed E-state index contributed by atoms with van der Waals surface area (Å²) in [5.41, 5.74) is 5.61. The van der Waals surface area contributed by atoms with Crippen molar-refractivity contribution >= 4 is 6.09 Å². The molecule has 0 aromatic carbocycles. The van der Waals surface area contributed by atoms with Crippen molar-refractivity contribution in [2.24, 2.45) is 17.1 Å². The molecule has 3 N–H and O–H groups in total. The van der Waals surface area contributed by atoms with Crippen molar-refractivity contribution in [3.05, 3.63) is 0 Å². The third kappa shape index (κ3) is 4.59. The second-order valence-electron chi connectivity index (χ2n) is 8.24. The molecule has 0 radical (unpaired) electrons. The van der Waals surface area contributed by atoms with Gasteiger partial charge in [0.05, 0.1) is 6.10 Å². The van der Waals surface area contributed by atoms with E-state index in [1.807, 2.05) is 25.7 Å². The maximum atomic E-state index is 12.2. The van der Waals surface area contributed by atoms with E-state index in [0.29, 0.717) is 12.5 Å². The number of amides is 1. The predicted octanol–water partition coefficient (Wildman–Crippen LogP) is 2.51. The third-order valence-electron chi connectivity index (χ3n) is 5.02. The van der Waals surface area contributed by atoms with E-state index in [1.54, 1.807) is 0 Å². The monoisotopic (exact) mass is 312 g/mol. The van der Waals surface area contributed by atoms with E-state index < -0.39 is 5.60 Å². The van der Waals surface area contributed by atoms with Crippen LogP contribution in [0.2, 0.25) is 0 Å². The summed E-state index contributed by atoms with van der Waals surface area (Å²) >= 11 is 0. The zero-order valence-corrected chi connectivity index (χ0v) is 14.3. The molecule has 1 amide bonds. The molecule has 1 saturated heterocycles. The molecule has 1 heterocycles. The van der Waals surface area contributed by atoms with Crippen LogP contribution >= 0.6 is 0 Å². The third-order valence-corrected chi connectivity index (χ3v) is 5.02. The lowest BCUT2D eigenvalue weighted by molar-refractivity contribution is -0.0366. The summed E-state index contributed by atoms with van der Waals surface area (Å²) in [6.45, 7) is 7.95. The summed E-state index contributed by atoms with van der Waals surface area (Å²) in [7, 11) is 0. The first kappa shape index (κ1) is 17.5. The fourth-order valence-corrected chi connectivity index (χ4v) is 3.72. The second-order valence-corrected chi connectivity index (χ2v) is 8.24. The van der Waals surface area contributed by atoms with Crippen LogP contribution in [0.3, 0.4) is 0 Å². The summed E-state index contributed by atoms with van der Waals surface area (Å²) in [4.78, 5) is 14.0. The fourth-order valence-electron chi connectivity index (χ4n) is 3.72. The Hall–Kier alpha value is -0.810. The van der Waals surface area contributed by atoms with E-state index in [1.165, 1.54) is 6.42 Å². The van der Waals surface area contributed by atoms with E-state index >= 15 is 0 Å². The number of likely N-dealkylation sites (tertiary alicyclic amines) is 1. The molecule has 1 saturated carbocycles. The Bertz CT molecular complexity index is 386. The molecule has 22 heavy (non-hydrogen) atoms. The highest BCUT2D eigenvalue weighted by molar-refractivity contribution is 5.68. The second kappa shape index (κ2) is 6.75. The lowest BCUT2D eigenvalue weighted by Crippen LogP contribution is -2.47. The van der Waals surface area contributed by atoms with Crippen LogP contribution < -0.4 is 5.73 Å². The van der Waals surface area contributed by atoms with Gasteiger partial charge in [-0.1, -0.05) is 0 Å². The van der Waals surface area contributed by atoms with Crippen LogP contribution in [0.15, 0.2) is 0 Å². The Labute approximate surface area is 134 Å². The van der Waals surface area contributed by atoms with Crippen molar-refractivity contribution in [1.82, 2.24) is 4.90 Å². The van der Waals surface area contributed by atoms with Gasteiger partial charge in [-0.2, -0.15) is 0 Å². The van der Waals surface area contributed by atoms with Gasteiger partial charge >= 0.3 is 6.09 Å². The van der Waals surface area contributed by atoms with Crippen LogP contribution in [0.1, 0.15) is 59.3 Å². The number of carbonyl (C=O) groups is 1. The Morgan fingerprint density at radius 3 is 2.64 bits per heavy atom. The number of ether oxygens (including phenoxy) is 1. The number of aliphatic hydroxyl groups excluding tert-OH is 1. The lowest BCUT2D eigenvalue weighted by atomic mass is 9.63. The van der Waals surface area contributed by atoms with Gasteiger partial charge in [-0.25, -0.2) is 4.79 Å². The Morgan fingerprint density at radius 1 is 1.41 bits per heavy atom. The molecule has 1 unspecified atom stereocenters. The van der Waals surface area contributed by atoms with Crippen molar-refractivity contribution < 1.29 is 14.6 Å². The van der Waals surface area contributed by atoms with Crippen LogP contribution in [-0.2, 0) is 4.74 Å². The molecule has 1 aliphatic heterocycles. The minimum absolute atomic E-state index is 0.146. The van der Waals surface area contributed by atoms with Gasteiger partial charge in [-0.15, -0.1) is 0 Å². The maximum Gasteiger partial charge on any atom is 0.410 e. The lowest BCUT2D eigenvalue weighted by Gasteiger charge is -2.46. The SMILES string of the molecule is CC(C)(C)OC(=O)N1CCCC(CCC2(CN)CC(O)C2)C1. The molecule has 2 aliphatic rings. The van der Waals surface area contributed by atoms with Gasteiger partial charge in [-0.3, -0.25) is 0 Å². The summed E-state index contributed by atoms with van der Waals surface area (Å²) in [6, 6.07) is 0. The first-order valence-electron chi connectivity index (χ1n) is 8.59. The number of nitrogens with two attached hydrogens (primary N) is 1. The highest BCUT2D eigenvalue weighted by Gasteiger charge is 2.42. The van der Waals surface area contributed by atoms with Gasteiger partial charge in [0.25, 0.3) is 0 Å². The van der Waals surface area contributed by atoms with Crippen LogP contribution in [-0.4, -0.2) is 47.4 Å². The van der Waals surface area contributed by atoms with Gasteiger partial charge in [0.1, 0.15) is 5.60 Å². The Balaban J connectivity index is 1.79. The summed E-state index contributed by atoms with van der Waals surface area (Å²) in [6.07, 6.45) is 5.69. The summed E-state index contributed by atoms with van der Waals surface area (Å²) < 4.78 is 5.47. The van der Waals surface area contributed by atoms with Gasteiger partial charge in [0, 0.05) is 13.1 Å². The topological polar surface area (TPSA) is 75.8 Å². The molecule has 0 aromatic rings. The molecule has 128 valence electrons. The molecule has 5 nitrogen and oxygen atoms in total. The van der Waals surface area contributed by atoms with Gasteiger partial charge in [0.2, 0.25) is 0 Å². The number of hydrogen-bond donors (Lipinski definition) is 2. The van der Waals surface area contributed by atoms with Crippen molar-refractivity contribution in [3.8, 4) is 0 Å². The van der Waals surface area contributed by atoms with E-state index in [4.69, 9.17) is 10.5 Å². The van der Waals surface area contributed by atoms with Crippen molar-refractivity contribution in [2.75, 3.05) is 19.6 Å². The Morgan fingerprint density at radius 2 is 2.09 bits per heavy atom. The molecule has 5 heteroatoms. The van der Waals surface area contributed by atoms with Crippen LogP contribution in [0.5, 0.6) is 0 Å². The molecular weight excluding hydrogens is 280 g/mol. The smallest absolute Gasteiger partial charge is 0.410 e. The van der Waals surface area contributed by atoms with Crippen molar-refractivity contribution in [1.29, 1.82) is 0 Å². The van der Waals surface area contributed by atoms with Crippen molar-refractivity contribution in [2.45, 2.75) is 71.0 Å². The minimum atomic E-state index is -0.435. The predicted molar refractivity (Wildman–Crippen MR) is 86.5 cm³/mol. The zero-order chi connectivity index (χ0) is 16.4. The number of piperidine rings is 1. The normalized spacial score (nSPS) is 32.5. The van der Waals surface area contributed by atoms with E-state index in [2.05, 4.69) is 0 Å². The van der Waals surface area contributed by atoms with Crippen molar-refractivity contribution in [3.63, 3.8) is 0 Å². The first-order valence-corrected chi connectivity index (χ1v) is 8.59. The molecule has 1 atom stereocenters. The van der Waals surface area contributed by atoms with Crippen LogP contribution in [0.4, 0.5) is 4.79 Å². The zero-order valence-electron chi connectivity index (χ0n) is 14.3. The molecule has 1 aliphatic carbocycles. The average Bonchev–Trinajstić information content (AvgIpc) is 2.40. The minimum Gasteiger partial charge on any atom is -0.444 e. The summed E-state index contributed by atoms with van der Waals surface area (Å²) in [5.74, 6) is 0.530. The number of carbonyl (C=O) groups excluding carboxylic acids is 1. The quantitative estimate of drug-likeness (QED) is 0.836. The molecular formula is C17H32N2O3. The highest BCUT2D eigenvalue weighted by atomic mass is 16.6. The van der Waals surface area contributed by atoms with Gasteiger partial charge < -0.3 is 20.5 Å². The first-order chi connectivity index (χ1) is 10.2. The van der Waals surface area contributed by atoms with Crippen LogP contribution in [0, 0.1) is 11.3 Å². The Kier molecular flexibility index (Phi) is 5.38. The maximum absolute atomic E-state index is 12.2. The highest BCUT2D eigenvalue weighted by Crippen LogP contribution is 2.45. The number of nitrogens with zero attached hydrogens (tertiary/aromatic N) is 1. The number of aliphatic hydroxyl groups is 1. The van der Waals surface area contributed by atoms with E-state index in [-0.39, 0.29) is 17.6 Å². The van der Waals surface area contributed by atoms with Gasteiger partial charge in [0.15, 0.2) is 0 Å². The van der Waals surface area contributed by atoms with Crippen LogP contribution in [0.25, 0.3) is 0 Å². The van der Waals surface area contributed by atoms with Gasteiger partial charge in [-0.05, 0) is 77.2 Å². The van der Waals surface area contributed by atoms with E-state index in [9.17, 15) is 9.90 Å². The molecule has 2 rings (SSSR count). The molecule has 0 aromatic heterocycles. The largest absolute Gasteiger partial charge is 0.444 e. The molecule has 0 spiro atoms. The van der Waals surface area contributed by atoms with E-state index in [0.717, 1.165) is 45.2 Å². The fraction of sp³-hybridized carbons (Fsp3) is 0.941. The molecule has 0 bridgehead atoms. The average molecular weight is 312 g/mol. The standard InChI is InChI=1S/C17H32N2O3/c1-16(2,3)22-15(21)19-8-4-5-13(11-19)6-7-17(12-18)9-14(20)10-17/h13-14,20H,4-12,18H2,1-3H3. The molecule has 2 fully saturated rings. The number of rotatable bonds is 4.